The molecule has 2 fully saturated rings. The van der Waals surface area contributed by atoms with E-state index in [0.717, 1.165) is 18.8 Å². The molecule has 0 aromatic carbocycles. The average Bonchev–Trinajstić information content (AvgIpc) is 2.29. The van der Waals surface area contributed by atoms with Crippen molar-refractivity contribution in [2.75, 3.05) is 0 Å². The molecule has 0 aromatic rings. The monoisotopic (exact) mass is 152 g/mol. The van der Waals surface area contributed by atoms with Crippen LogP contribution in [0, 0.1) is 11.3 Å². The Morgan fingerprint density at radius 3 is 2.91 bits per heavy atom. The molecule has 1 unspecified atom stereocenters. The summed E-state index contributed by atoms with van der Waals surface area (Å²) in [6.07, 6.45) is 7.14. The first kappa shape index (κ1) is 7.33. The topological polar surface area (TPSA) is 17.1 Å². The molecule has 62 valence electrons. The second kappa shape index (κ2) is 2.33. The van der Waals surface area contributed by atoms with Gasteiger partial charge in [-0.15, -0.1) is 0 Å². The Balaban J connectivity index is 2.23. The third-order valence-corrected chi connectivity index (χ3v) is 3.76. The molecule has 0 bridgehead atoms. The van der Waals surface area contributed by atoms with E-state index in [-0.39, 0.29) is 5.41 Å². The number of carbonyl (C=O) groups is 1. The van der Waals surface area contributed by atoms with Crippen molar-refractivity contribution < 1.29 is 4.79 Å². The van der Waals surface area contributed by atoms with Crippen LogP contribution in [0.15, 0.2) is 0 Å². The molecule has 2 aliphatic carbocycles. The number of Topliss-reactive ketones (excluding diaryl/α,β-unsaturated/α-hetero) is 1. The van der Waals surface area contributed by atoms with E-state index >= 15 is 0 Å². The minimum Gasteiger partial charge on any atom is -0.299 e. The zero-order valence-electron chi connectivity index (χ0n) is 7.23. The van der Waals surface area contributed by atoms with Crippen LogP contribution in [-0.4, -0.2) is 5.78 Å². The summed E-state index contributed by atoms with van der Waals surface area (Å²) in [4.78, 5) is 11.5. The lowest BCUT2D eigenvalue weighted by molar-refractivity contribution is -0.127. The summed E-state index contributed by atoms with van der Waals surface area (Å²) < 4.78 is 0. The zero-order chi connectivity index (χ0) is 7.90. The van der Waals surface area contributed by atoms with Crippen molar-refractivity contribution in [1.82, 2.24) is 0 Å². The van der Waals surface area contributed by atoms with Crippen molar-refractivity contribution in [3.8, 4) is 0 Å². The highest BCUT2D eigenvalue weighted by atomic mass is 16.1. The first-order valence-electron chi connectivity index (χ1n) is 4.77. The highest BCUT2D eigenvalue weighted by Crippen LogP contribution is 2.49. The van der Waals surface area contributed by atoms with Crippen molar-refractivity contribution in [2.45, 2.75) is 45.4 Å². The van der Waals surface area contributed by atoms with E-state index in [2.05, 4.69) is 6.92 Å². The molecule has 0 radical (unpaired) electrons. The fraction of sp³-hybridized carbons (Fsp3) is 0.900. The fourth-order valence-electron chi connectivity index (χ4n) is 2.83. The molecule has 0 heterocycles. The molecule has 0 aromatic heterocycles. The molecule has 0 amide bonds. The van der Waals surface area contributed by atoms with Crippen LogP contribution in [0.4, 0.5) is 0 Å². The van der Waals surface area contributed by atoms with Gasteiger partial charge < -0.3 is 0 Å². The Hall–Kier alpha value is -0.330. The first-order valence-corrected chi connectivity index (χ1v) is 4.77. The number of hydrogen-bond acceptors (Lipinski definition) is 1. The molecule has 0 spiro atoms. The molecule has 2 atom stereocenters. The van der Waals surface area contributed by atoms with E-state index in [9.17, 15) is 4.79 Å². The summed E-state index contributed by atoms with van der Waals surface area (Å²) >= 11 is 0. The predicted molar refractivity (Wildman–Crippen MR) is 44.3 cm³/mol. The number of fused-ring (bicyclic) bond motifs is 1. The maximum Gasteiger partial charge on any atom is 0.139 e. The number of carbonyl (C=O) groups excluding carboxylic acids is 1. The number of ketones is 1. The van der Waals surface area contributed by atoms with Gasteiger partial charge in [0.15, 0.2) is 0 Å². The van der Waals surface area contributed by atoms with E-state index in [4.69, 9.17) is 0 Å². The summed E-state index contributed by atoms with van der Waals surface area (Å²) in [6.45, 7) is 2.19. The van der Waals surface area contributed by atoms with Gasteiger partial charge in [0.05, 0.1) is 0 Å². The number of rotatable bonds is 0. The second-order valence-electron chi connectivity index (χ2n) is 4.32. The fourth-order valence-corrected chi connectivity index (χ4v) is 2.83. The van der Waals surface area contributed by atoms with Crippen molar-refractivity contribution in [2.24, 2.45) is 11.3 Å². The number of hydrogen-bond donors (Lipinski definition) is 0. The maximum absolute atomic E-state index is 11.5. The maximum atomic E-state index is 11.5. The third kappa shape index (κ3) is 0.935. The molecule has 0 N–H and O–H groups in total. The molecule has 2 aliphatic rings. The first-order chi connectivity index (χ1) is 5.23. The lowest BCUT2D eigenvalue weighted by Gasteiger charge is -2.34. The highest BCUT2D eigenvalue weighted by molar-refractivity contribution is 5.87. The summed E-state index contributed by atoms with van der Waals surface area (Å²) in [5.74, 6) is 1.28. The average molecular weight is 152 g/mol. The van der Waals surface area contributed by atoms with Gasteiger partial charge in [-0.2, -0.15) is 0 Å². The second-order valence-corrected chi connectivity index (χ2v) is 4.32. The summed E-state index contributed by atoms with van der Waals surface area (Å²) in [5.41, 5.74) is 0.109. The normalized spacial score (nSPS) is 44.1. The van der Waals surface area contributed by atoms with Gasteiger partial charge in [0, 0.05) is 11.8 Å². The van der Waals surface area contributed by atoms with Gasteiger partial charge >= 0.3 is 0 Å². The quantitative estimate of drug-likeness (QED) is 0.521. The van der Waals surface area contributed by atoms with E-state index in [1.54, 1.807) is 0 Å². The van der Waals surface area contributed by atoms with Crippen LogP contribution in [0.5, 0.6) is 0 Å². The van der Waals surface area contributed by atoms with Crippen LogP contribution in [-0.2, 0) is 4.79 Å². The van der Waals surface area contributed by atoms with E-state index in [1.807, 2.05) is 0 Å². The van der Waals surface area contributed by atoms with Crippen molar-refractivity contribution in [3.05, 3.63) is 0 Å². The minimum absolute atomic E-state index is 0.109. The van der Waals surface area contributed by atoms with Gasteiger partial charge in [0.2, 0.25) is 0 Å². The SMILES string of the molecule is C[C@]12CCCCC1CCC2=O. The molecule has 2 rings (SSSR count). The molecular formula is C10H16O. The van der Waals surface area contributed by atoms with Crippen LogP contribution in [0.1, 0.15) is 45.4 Å². The summed E-state index contributed by atoms with van der Waals surface area (Å²) in [6, 6.07) is 0. The highest BCUT2D eigenvalue weighted by Gasteiger charge is 2.46. The molecule has 2 saturated carbocycles. The molecule has 0 saturated heterocycles. The van der Waals surface area contributed by atoms with Gasteiger partial charge in [-0.1, -0.05) is 19.8 Å². The van der Waals surface area contributed by atoms with Crippen LogP contribution in [0.3, 0.4) is 0 Å². The molecule has 11 heavy (non-hydrogen) atoms. The lowest BCUT2D eigenvalue weighted by Crippen LogP contribution is -2.31. The van der Waals surface area contributed by atoms with Crippen LogP contribution in [0.25, 0.3) is 0 Å². The van der Waals surface area contributed by atoms with E-state index < -0.39 is 0 Å². The standard InChI is InChI=1S/C10H16O/c1-10-7-3-2-4-8(10)5-6-9(10)11/h8H,2-7H2,1H3/t8?,10-/m0/s1. The Morgan fingerprint density at radius 2 is 2.18 bits per heavy atom. The zero-order valence-corrected chi connectivity index (χ0v) is 7.23. The van der Waals surface area contributed by atoms with Gasteiger partial charge in [0.25, 0.3) is 0 Å². The van der Waals surface area contributed by atoms with Gasteiger partial charge in [-0.3, -0.25) is 4.79 Å². The molecule has 0 aliphatic heterocycles. The summed E-state index contributed by atoms with van der Waals surface area (Å²) in [5, 5.41) is 0. The smallest absolute Gasteiger partial charge is 0.139 e. The van der Waals surface area contributed by atoms with Crippen molar-refractivity contribution in [1.29, 1.82) is 0 Å². The van der Waals surface area contributed by atoms with Crippen LogP contribution < -0.4 is 0 Å². The predicted octanol–water partition coefficient (Wildman–Crippen LogP) is 2.55. The van der Waals surface area contributed by atoms with Gasteiger partial charge in [0.1, 0.15) is 5.78 Å². The van der Waals surface area contributed by atoms with E-state index in [0.29, 0.717) is 5.78 Å². The Morgan fingerprint density at radius 1 is 1.36 bits per heavy atom. The lowest BCUT2D eigenvalue weighted by atomic mass is 9.69. The van der Waals surface area contributed by atoms with Crippen molar-refractivity contribution in [3.63, 3.8) is 0 Å². The Bertz CT molecular complexity index is 185. The van der Waals surface area contributed by atoms with Gasteiger partial charge in [-0.05, 0) is 25.2 Å². The Kier molecular flexibility index (Phi) is 1.55. The Labute approximate surface area is 68.2 Å². The van der Waals surface area contributed by atoms with Crippen molar-refractivity contribution >= 4 is 5.78 Å². The van der Waals surface area contributed by atoms with Crippen LogP contribution in [0.2, 0.25) is 0 Å². The van der Waals surface area contributed by atoms with E-state index in [1.165, 1.54) is 25.7 Å². The largest absolute Gasteiger partial charge is 0.299 e. The van der Waals surface area contributed by atoms with Gasteiger partial charge in [-0.25, -0.2) is 0 Å². The summed E-state index contributed by atoms with van der Waals surface area (Å²) in [7, 11) is 0. The minimum atomic E-state index is 0.109. The third-order valence-electron chi connectivity index (χ3n) is 3.76. The molecular weight excluding hydrogens is 136 g/mol. The molecule has 1 nitrogen and oxygen atoms in total. The van der Waals surface area contributed by atoms with Crippen LogP contribution >= 0.6 is 0 Å². The molecule has 1 heteroatoms.